The molecule has 0 heterocycles. The van der Waals surface area contributed by atoms with E-state index in [1.807, 2.05) is 121 Å². The SMILES string of the molecule is CCC1c2ccc(C(O)c3ccccc3)c(c2)C(CC)c2ccc(C(O)c3ccccc3)c(c2)C(CC)c2ccc(C(O)c3ccccc3)c(c2)C(CC)c2ccc(C(O)c3ccccc3)c1c2. The van der Waals surface area contributed by atoms with Crippen molar-refractivity contribution in [1.82, 2.24) is 0 Å². The number of fused-ring (bicyclic) bond motifs is 8. The van der Waals surface area contributed by atoms with Gasteiger partial charge in [0.1, 0.15) is 24.4 Å². The molecule has 0 aromatic heterocycles. The first-order chi connectivity index (χ1) is 33.2. The average Bonchev–Trinajstić information content (AvgIpc) is 3.40. The minimum atomic E-state index is -0.853. The summed E-state index contributed by atoms with van der Waals surface area (Å²) in [6, 6.07) is 66.3. The molecule has 8 atom stereocenters. The monoisotopic (exact) mass is 896 g/mol. The maximum Gasteiger partial charge on any atom is 0.104 e. The molecule has 8 aromatic carbocycles. The highest BCUT2D eigenvalue weighted by molar-refractivity contribution is 5.55. The fourth-order valence-electron chi connectivity index (χ4n) is 11.2. The molecule has 0 spiro atoms. The largest absolute Gasteiger partial charge is 0.384 e. The number of hydrogen-bond acceptors (Lipinski definition) is 4. The molecule has 8 unspecified atom stereocenters. The second-order valence-corrected chi connectivity index (χ2v) is 18.6. The molecular weight excluding hydrogens is 833 g/mol. The minimum absolute atomic E-state index is 0.1000. The molecule has 4 nitrogen and oxygen atoms in total. The van der Waals surface area contributed by atoms with Crippen LogP contribution in [0.25, 0.3) is 0 Å². The van der Waals surface area contributed by atoms with Gasteiger partial charge in [0.05, 0.1) is 0 Å². The zero-order valence-electron chi connectivity index (χ0n) is 39.7. The van der Waals surface area contributed by atoms with Crippen LogP contribution in [0.2, 0.25) is 0 Å². The topological polar surface area (TPSA) is 80.9 Å². The van der Waals surface area contributed by atoms with Crippen molar-refractivity contribution in [3.8, 4) is 0 Å². The van der Waals surface area contributed by atoms with Gasteiger partial charge >= 0.3 is 0 Å². The van der Waals surface area contributed by atoms with Crippen LogP contribution in [0.3, 0.4) is 0 Å². The molecular formula is C64H64O4. The standard InChI is InChI=1S/C64H64O4/c1-5-49-45-29-33-54(62(66)42-23-15-10-16-24-42)58(37-45)51(7-3)47-31-35-56(64(68)44-27-19-12-20-28-44)60(39-47)52(8-4)48-32-36-55(63(67)43-25-17-11-18-26-43)59(40-48)50(6-2)46-30-34-53(57(49)38-46)61(65)41-21-13-9-14-22-41/h9-40,49-52,61-68H,5-8H2,1-4H3. The Kier molecular flexibility index (Phi) is 14.3. The lowest BCUT2D eigenvalue weighted by molar-refractivity contribution is 0.218. The Morgan fingerprint density at radius 3 is 0.647 bits per heavy atom. The molecule has 0 fully saturated rings. The van der Waals surface area contributed by atoms with E-state index >= 15 is 0 Å². The second kappa shape index (κ2) is 20.9. The summed E-state index contributed by atoms with van der Waals surface area (Å²) in [6.07, 6.45) is -0.325. The third kappa shape index (κ3) is 9.14. The summed E-state index contributed by atoms with van der Waals surface area (Å²) in [5.74, 6) is -0.400. The zero-order chi connectivity index (χ0) is 47.3. The highest BCUT2D eigenvalue weighted by Gasteiger charge is 2.31. The summed E-state index contributed by atoms with van der Waals surface area (Å²) in [6.45, 7) is 8.89. The summed E-state index contributed by atoms with van der Waals surface area (Å²) >= 11 is 0. The van der Waals surface area contributed by atoms with Gasteiger partial charge in [0.25, 0.3) is 0 Å². The molecule has 8 bridgehead atoms. The highest BCUT2D eigenvalue weighted by atomic mass is 16.3. The predicted octanol–water partition coefficient (Wildman–Crippen LogP) is 14.5. The summed E-state index contributed by atoms with van der Waals surface area (Å²) in [4.78, 5) is 0. The molecule has 0 amide bonds. The van der Waals surface area contributed by atoms with Gasteiger partial charge in [-0.3, -0.25) is 0 Å². The van der Waals surface area contributed by atoms with Crippen molar-refractivity contribution >= 4 is 0 Å². The molecule has 9 rings (SSSR count). The average molecular weight is 897 g/mol. The molecule has 8 aromatic rings. The number of aliphatic hydroxyl groups excluding tert-OH is 4. The summed E-state index contributed by atoms with van der Waals surface area (Å²) in [5.41, 5.74) is 15.5. The third-order valence-corrected chi connectivity index (χ3v) is 14.8. The van der Waals surface area contributed by atoms with E-state index in [1.54, 1.807) is 0 Å². The van der Waals surface area contributed by atoms with E-state index in [1.165, 1.54) is 0 Å². The van der Waals surface area contributed by atoms with Crippen LogP contribution in [0.1, 0.15) is 190 Å². The van der Waals surface area contributed by atoms with Gasteiger partial charge in [-0.15, -0.1) is 0 Å². The Hall–Kier alpha value is -6.40. The number of benzene rings is 8. The molecule has 4 N–H and O–H groups in total. The van der Waals surface area contributed by atoms with Gasteiger partial charge < -0.3 is 20.4 Å². The Balaban J connectivity index is 1.35. The molecule has 0 saturated heterocycles. The third-order valence-electron chi connectivity index (χ3n) is 14.8. The molecule has 0 radical (unpaired) electrons. The van der Waals surface area contributed by atoms with E-state index in [9.17, 15) is 20.4 Å². The Morgan fingerprint density at radius 2 is 0.471 bits per heavy atom. The van der Waals surface area contributed by atoms with Gasteiger partial charge in [-0.25, -0.2) is 0 Å². The molecule has 68 heavy (non-hydrogen) atoms. The predicted molar refractivity (Wildman–Crippen MR) is 276 cm³/mol. The molecule has 0 saturated carbocycles. The van der Waals surface area contributed by atoms with E-state index in [4.69, 9.17) is 0 Å². The van der Waals surface area contributed by atoms with Gasteiger partial charge in [-0.2, -0.15) is 0 Å². The van der Waals surface area contributed by atoms with Crippen LogP contribution in [-0.2, 0) is 0 Å². The zero-order valence-corrected chi connectivity index (χ0v) is 39.7. The number of rotatable bonds is 12. The molecule has 4 heteroatoms. The smallest absolute Gasteiger partial charge is 0.104 e. The van der Waals surface area contributed by atoms with E-state index in [0.717, 1.165) is 115 Å². The van der Waals surface area contributed by atoms with E-state index in [0.29, 0.717) is 0 Å². The lowest BCUT2D eigenvalue weighted by Crippen LogP contribution is -2.16. The van der Waals surface area contributed by atoms with Crippen LogP contribution in [-0.4, -0.2) is 20.4 Å². The fourth-order valence-corrected chi connectivity index (χ4v) is 11.2. The summed E-state index contributed by atoms with van der Waals surface area (Å²) < 4.78 is 0. The van der Waals surface area contributed by atoms with E-state index in [-0.39, 0.29) is 23.7 Å². The van der Waals surface area contributed by atoms with Crippen LogP contribution < -0.4 is 0 Å². The van der Waals surface area contributed by atoms with Crippen LogP contribution in [0.15, 0.2) is 194 Å². The fraction of sp³-hybridized carbons (Fsp3) is 0.250. The molecule has 1 aliphatic carbocycles. The Labute approximate surface area is 403 Å². The Bertz CT molecular complexity index is 2530. The van der Waals surface area contributed by atoms with Gasteiger partial charge in [0.15, 0.2) is 0 Å². The molecule has 1 aliphatic rings. The van der Waals surface area contributed by atoms with E-state index < -0.39 is 24.4 Å². The first kappa shape index (κ1) is 46.7. The minimum Gasteiger partial charge on any atom is -0.384 e. The Morgan fingerprint density at radius 1 is 0.279 bits per heavy atom. The number of hydrogen-bond donors (Lipinski definition) is 4. The lowest BCUT2D eigenvalue weighted by atomic mass is 9.74. The van der Waals surface area contributed by atoms with Crippen LogP contribution in [0, 0.1) is 0 Å². The lowest BCUT2D eigenvalue weighted by Gasteiger charge is -2.31. The quantitative estimate of drug-likeness (QED) is 0.0985. The van der Waals surface area contributed by atoms with Crippen molar-refractivity contribution in [2.24, 2.45) is 0 Å². The first-order valence-corrected chi connectivity index (χ1v) is 24.7. The van der Waals surface area contributed by atoms with Crippen LogP contribution in [0.4, 0.5) is 0 Å². The van der Waals surface area contributed by atoms with Crippen LogP contribution in [0.5, 0.6) is 0 Å². The van der Waals surface area contributed by atoms with Crippen molar-refractivity contribution in [1.29, 1.82) is 0 Å². The maximum absolute atomic E-state index is 12.3. The van der Waals surface area contributed by atoms with Crippen molar-refractivity contribution in [2.75, 3.05) is 0 Å². The van der Waals surface area contributed by atoms with Crippen LogP contribution >= 0.6 is 0 Å². The maximum atomic E-state index is 12.3. The number of aliphatic hydroxyl groups is 4. The van der Waals surface area contributed by atoms with Gasteiger partial charge in [-0.1, -0.05) is 222 Å². The van der Waals surface area contributed by atoms with Crippen molar-refractivity contribution < 1.29 is 20.4 Å². The van der Waals surface area contributed by atoms with Crippen molar-refractivity contribution in [3.05, 3.63) is 283 Å². The normalized spacial score (nSPS) is 18.6. The van der Waals surface area contributed by atoms with Gasteiger partial charge in [0, 0.05) is 23.7 Å². The van der Waals surface area contributed by atoms with Crippen molar-refractivity contribution in [3.63, 3.8) is 0 Å². The summed E-state index contributed by atoms with van der Waals surface area (Å²) in [5, 5.41) is 49.3. The molecule has 0 aliphatic heterocycles. The van der Waals surface area contributed by atoms with Gasteiger partial charge in [-0.05, 0) is 115 Å². The summed E-state index contributed by atoms with van der Waals surface area (Å²) in [7, 11) is 0. The van der Waals surface area contributed by atoms with Crippen molar-refractivity contribution in [2.45, 2.75) is 101 Å². The highest BCUT2D eigenvalue weighted by Crippen LogP contribution is 2.46. The van der Waals surface area contributed by atoms with E-state index in [2.05, 4.69) is 100 Å². The first-order valence-electron chi connectivity index (χ1n) is 24.7. The second-order valence-electron chi connectivity index (χ2n) is 18.6. The molecule has 344 valence electrons. The van der Waals surface area contributed by atoms with Gasteiger partial charge in [0.2, 0.25) is 0 Å².